The quantitative estimate of drug-likeness (QED) is 0.882. The van der Waals surface area contributed by atoms with Crippen LogP contribution < -0.4 is 4.74 Å². The first kappa shape index (κ1) is 16.9. The molecule has 0 radical (unpaired) electrons. The van der Waals surface area contributed by atoms with E-state index in [9.17, 15) is 4.39 Å². The second-order valence-electron chi connectivity index (χ2n) is 6.22. The van der Waals surface area contributed by atoms with Crippen molar-refractivity contribution in [1.29, 1.82) is 0 Å². The Hall–Kier alpha value is -1.92. The van der Waals surface area contributed by atoms with E-state index in [4.69, 9.17) is 9.84 Å². The lowest BCUT2D eigenvalue weighted by molar-refractivity contribution is 0.198. The highest BCUT2D eigenvalue weighted by atomic mass is 19.1. The third-order valence-electron chi connectivity index (χ3n) is 4.69. The smallest absolute Gasteiger partial charge is 0.165 e. The van der Waals surface area contributed by atoms with Crippen LogP contribution in [-0.2, 0) is 13.1 Å². The number of rotatable bonds is 6. The van der Waals surface area contributed by atoms with Gasteiger partial charge in [-0.05, 0) is 49.7 Å². The SMILES string of the molecule is COc1ccc(CN2CCC(c3ccnn3CCO)CC2)cc1F. The molecule has 1 fully saturated rings. The highest BCUT2D eigenvalue weighted by Gasteiger charge is 2.23. The standard InChI is InChI=1S/C18H24FN3O2/c1-24-18-3-2-14(12-16(18)19)13-21-8-5-15(6-9-21)17-4-7-20-22(17)10-11-23/h2-4,7,12,15,23H,5-6,8-11,13H2,1H3. The van der Waals surface area contributed by atoms with Gasteiger partial charge in [0.2, 0.25) is 0 Å². The van der Waals surface area contributed by atoms with E-state index in [1.165, 1.54) is 12.8 Å². The Morgan fingerprint density at radius 3 is 2.75 bits per heavy atom. The summed E-state index contributed by atoms with van der Waals surface area (Å²) < 4.78 is 20.7. The first-order valence-electron chi connectivity index (χ1n) is 8.38. The largest absolute Gasteiger partial charge is 0.494 e. The molecule has 3 rings (SSSR count). The molecule has 1 saturated heterocycles. The second kappa shape index (κ2) is 7.77. The van der Waals surface area contributed by atoms with Crippen molar-refractivity contribution in [3.05, 3.63) is 47.5 Å². The summed E-state index contributed by atoms with van der Waals surface area (Å²) in [5, 5.41) is 13.4. The molecule has 1 aromatic heterocycles. The molecule has 130 valence electrons. The maximum absolute atomic E-state index is 13.8. The van der Waals surface area contributed by atoms with Crippen LogP contribution in [0.1, 0.15) is 30.0 Å². The molecule has 0 aliphatic carbocycles. The fourth-order valence-corrected chi connectivity index (χ4v) is 3.42. The van der Waals surface area contributed by atoms with Crippen molar-refractivity contribution >= 4 is 0 Å². The summed E-state index contributed by atoms with van der Waals surface area (Å²) >= 11 is 0. The summed E-state index contributed by atoms with van der Waals surface area (Å²) in [7, 11) is 1.48. The molecule has 0 saturated carbocycles. The third-order valence-corrected chi connectivity index (χ3v) is 4.69. The number of aliphatic hydroxyl groups is 1. The summed E-state index contributed by atoms with van der Waals surface area (Å²) in [5.41, 5.74) is 2.18. The van der Waals surface area contributed by atoms with Gasteiger partial charge in [-0.2, -0.15) is 5.10 Å². The summed E-state index contributed by atoms with van der Waals surface area (Å²) in [6.07, 6.45) is 3.91. The third kappa shape index (κ3) is 3.76. The summed E-state index contributed by atoms with van der Waals surface area (Å²) in [5.74, 6) is 0.454. The second-order valence-corrected chi connectivity index (χ2v) is 6.22. The minimum atomic E-state index is -0.308. The Morgan fingerprint density at radius 2 is 2.08 bits per heavy atom. The minimum Gasteiger partial charge on any atom is -0.494 e. The maximum Gasteiger partial charge on any atom is 0.165 e. The first-order chi connectivity index (χ1) is 11.7. The van der Waals surface area contributed by atoms with E-state index >= 15 is 0 Å². The van der Waals surface area contributed by atoms with Gasteiger partial charge in [-0.1, -0.05) is 6.07 Å². The maximum atomic E-state index is 13.8. The summed E-state index contributed by atoms with van der Waals surface area (Å²) in [6, 6.07) is 7.21. The lowest BCUT2D eigenvalue weighted by Gasteiger charge is -2.32. The van der Waals surface area contributed by atoms with E-state index in [0.717, 1.165) is 38.0 Å². The minimum absolute atomic E-state index is 0.108. The first-order valence-corrected chi connectivity index (χ1v) is 8.38. The van der Waals surface area contributed by atoms with Gasteiger partial charge in [-0.3, -0.25) is 9.58 Å². The van der Waals surface area contributed by atoms with Gasteiger partial charge in [-0.25, -0.2) is 4.39 Å². The molecule has 24 heavy (non-hydrogen) atoms. The number of benzene rings is 1. The monoisotopic (exact) mass is 333 g/mol. The van der Waals surface area contributed by atoms with Crippen molar-refractivity contribution < 1.29 is 14.2 Å². The average molecular weight is 333 g/mol. The number of methoxy groups -OCH3 is 1. The van der Waals surface area contributed by atoms with Gasteiger partial charge >= 0.3 is 0 Å². The van der Waals surface area contributed by atoms with Crippen LogP contribution >= 0.6 is 0 Å². The lowest BCUT2D eigenvalue weighted by atomic mass is 9.93. The Morgan fingerprint density at radius 1 is 1.29 bits per heavy atom. The number of aliphatic hydroxyl groups excluding tert-OH is 1. The van der Waals surface area contributed by atoms with Gasteiger partial charge in [0.05, 0.1) is 20.3 Å². The molecule has 5 nitrogen and oxygen atoms in total. The number of halogens is 1. The molecule has 1 aliphatic rings. The van der Waals surface area contributed by atoms with E-state index in [1.54, 1.807) is 18.3 Å². The summed E-state index contributed by atoms with van der Waals surface area (Å²) in [6.45, 7) is 3.36. The highest BCUT2D eigenvalue weighted by Crippen LogP contribution is 2.29. The number of ether oxygens (including phenoxy) is 1. The van der Waals surface area contributed by atoms with Gasteiger partial charge < -0.3 is 9.84 Å². The summed E-state index contributed by atoms with van der Waals surface area (Å²) in [4.78, 5) is 2.35. The number of nitrogens with zero attached hydrogens (tertiary/aromatic N) is 3. The van der Waals surface area contributed by atoms with E-state index in [-0.39, 0.29) is 18.2 Å². The molecular formula is C18H24FN3O2. The highest BCUT2D eigenvalue weighted by molar-refractivity contribution is 5.29. The van der Waals surface area contributed by atoms with E-state index in [2.05, 4.69) is 16.1 Å². The van der Waals surface area contributed by atoms with Crippen molar-refractivity contribution in [2.75, 3.05) is 26.8 Å². The van der Waals surface area contributed by atoms with E-state index in [1.807, 2.05) is 10.7 Å². The normalized spacial score (nSPS) is 16.5. The Kier molecular flexibility index (Phi) is 5.48. The van der Waals surface area contributed by atoms with Gasteiger partial charge in [0.25, 0.3) is 0 Å². The van der Waals surface area contributed by atoms with Gasteiger partial charge in [0, 0.05) is 24.4 Å². The molecule has 1 aliphatic heterocycles. The average Bonchev–Trinajstić information content (AvgIpc) is 3.04. The zero-order valence-corrected chi connectivity index (χ0v) is 14.0. The topological polar surface area (TPSA) is 50.5 Å². The number of aromatic nitrogens is 2. The molecule has 2 heterocycles. The molecule has 6 heteroatoms. The predicted molar refractivity (Wildman–Crippen MR) is 89.5 cm³/mol. The number of hydrogen-bond donors (Lipinski definition) is 1. The predicted octanol–water partition coefficient (Wildman–Crippen LogP) is 2.40. The lowest BCUT2D eigenvalue weighted by Crippen LogP contribution is -2.33. The van der Waals surface area contributed by atoms with Crippen LogP contribution in [0.25, 0.3) is 0 Å². The molecule has 1 aromatic carbocycles. The number of hydrogen-bond acceptors (Lipinski definition) is 4. The molecule has 0 amide bonds. The Labute approximate surface area is 141 Å². The fourth-order valence-electron chi connectivity index (χ4n) is 3.42. The number of piperidine rings is 1. The Balaban J connectivity index is 1.57. The van der Waals surface area contributed by atoms with Crippen molar-refractivity contribution in [1.82, 2.24) is 14.7 Å². The van der Waals surface area contributed by atoms with Crippen LogP contribution in [0.4, 0.5) is 4.39 Å². The fraction of sp³-hybridized carbons (Fsp3) is 0.500. The van der Waals surface area contributed by atoms with Crippen molar-refractivity contribution in [2.45, 2.75) is 31.8 Å². The van der Waals surface area contributed by atoms with Crippen LogP contribution in [0.3, 0.4) is 0 Å². The van der Waals surface area contributed by atoms with Crippen molar-refractivity contribution in [3.63, 3.8) is 0 Å². The van der Waals surface area contributed by atoms with Gasteiger partial charge in [0.1, 0.15) is 0 Å². The van der Waals surface area contributed by atoms with Crippen LogP contribution in [0.15, 0.2) is 30.5 Å². The van der Waals surface area contributed by atoms with E-state index < -0.39 is 0 Å². The molecule has 0 spiro atoms. The van der Waals surface area contributed by atoms with Crippen LogP contribution in [-0.4, -0.2) is 46.6 Å². The van der Waals surface area contributed by atoms with Gasteiger partial charge in [-0.15, -0.1) is 0 Å². The van der Waals surface area contributed by atoms with Crippen LogP contribution in [0, 0.1) is 5.82 Å². The Bertz CT molecular complexity index is 666. The molecule has 2 aromatic rings. The van der Waals surface area contributed by atoms with Crippen molar-refractivity contribution in [2.24, 2.45) is 0 Å². The number of likely N-dealkylation sites (tertiary alicyclic amines) is 1. The zero-order chi connectivity index (χ0) is 16.9. The molecule has 0 bridgehead atoms. The van der Waals surface area contributed by atoms with Crippen LogP contribution in [0.5, 0.6) is 5.75 Å². The van der Waals surface area contributed by atoms with Crippen LogP contribution in [0.2, 0.25) is 0 Å². The molecule has 0 atom stereocenters. The van der Waals surface area contributed by atoms with Gasteiger partial charge in [0.15, 0.2) is 11.6 Å². The molecular weight excluding hydrogens is 309 g/mol. The zero-order valence-electron chi connectivity index (χ0n) is 14.0. The molecule has 1 N–H and O–H groups in total. The molecule has 0 unspecified atom stereocenters. The van der Waals surface area contributed by atoms with E-state index in [0.29, 0.717) is 12.5 Å². The van der Waals surface area contributed by atoms with Crippen molar-refractivity contribution in [3.8, 4) is 5.75 Å².